The molecule has 1 aromatic rings. The molecule has 0 bridgehead atoms. The molecule has 1 N–H and O–H groups in total. The fourth-order valence-electron chi connectivity index (χ4n) is 3.01. The van der Waals surface area contributed by atoms with E-state index < -0.39 is 10.0 Å². The summed E-state index contributed by atoms with van der Waals surface area (Å²) in [7, 11) is 1.33. The van der Waals surface area contributed by atoms with Crippen molar-refractivity contribution >= 4 is 15.9 Å². The van der Waals surface area contributed by atoms with E-state index in [2.05, 4.69) is 5.32 Å². The van der Waals surface area contributed by atoms with Gasteiger partial charge in [-0.3, -0.25) is 4.79 Å². The number of sulfonamides is 1. The fourth-order valence-corrected chi connectivity index (χ4v) is 3.93. The Morgan fingerprint density at radius 3 is 2.35 bits per heavy atom. The Kier molecular flexibility index (Phi) is 6.71. The van der Waals surface area contributed by atoms with Gasteiger partial charge in [-0.2, -0.15) is 0 Å². The number of ether oxygens (including phenoxy) is 3. The molecule has 9 heteroatoms. The number of carbonyl (C=O) groups is 1. The van der Waals surface area contributed by atoms with Crippen molar-refractivity contribution in [1.82, 2.24) is 9.62 Å². The largest absolute Gasteiger partial charge is 0.496 e. The summed E-state index contributed by atoms with van der Waals surface area (Å²) in [5.41, 5.74) is 0.745. The second-order valence-electron chi connectivity index (χ2n) is 6.20. The van der Waals surface area contributed by atoms with Crippen LogP contribution in [-0.4, -0.2) is 59.3 Å². The number of amides is 1. The molecule has 1 amide bonds. The van der Waals surface area contributed by atoms with Gasteiger partial charge in [0.2, 0.25) is 15.9 Å². The zero-order valence-corrected chi connectivity index (χ0v) is 16.4. The third-order valence-corrected chi connectivity index (χ3v) is 5.73. The van der Waals surface area contributed by atoms with Gasteiger partial charge in [-0.25, -0.2) is 12.7 Å². The van der Waals surface area contributed by atoms with Crippen LogP contribution in [0.2, 0.25) is 0 Å². The average Bonchev–Trinajstić information content (AvgIpc) is 2.64. The van der Waals surface area contributed by atoms with E-state index >= 15 is 0 Å². The minimum Gasteiger partial charge on any atom is -0.496 e. The lowest BCUT2D eigenvalue weighted by Gasteiger charge is -2.30. The topological polar surface area (TPSA) is 94.2 Å². The summed E-state index contributed by atoms with van der Waals surface area (Å²) in [6.45, 7) is 0.928. The van der Waals surface area contributed by atoms with Gasteiger partial charge in [0.15, 0.2) is 11.5 Å². The number of hydrogen-bond donors (Lipinski definition) is 1. The van der Waals surface area contributed by atoms with Crippen LogP contribution in [0.3, 0.4) is 0 Å². The molecule has 0 aliphatic carbocycles. The number of nitrogens with one attached hydrogen (secondary N) is 1. The highest BCUT2D eigenvalue weighted by atomic mass is 32.2. The Balaban J connectivity index is 2.07. The molecule has 1 fully saturated rings. The molecule has 1 unspecified atom stereocenters. The SMILES string of the molecule is COc1cc(OC)c(OC)cc1CNC(=O)C1CCCN(S(C)(=O)=O)C1. The van der Waals surface area contributed by atoms with Crippen molar-refractivity contribution < 1.29 is 27.4 Å². The molecular weight excluding hydrogens is 360 g/mol. The maximum atomic E-state index is 12.5. The second kappa shape index (κ2) is 8.59. The van der Waals surface area contributed by atoms with Crippen molar-refractivity contribution in [1.29, 1.82) is 0 Å². The zero-order valence-electron chi connectivity index (χ0n) is 15.6. The lowest BCUT2D eigenvalue weighted by molar-refractivity contribution is -0.126. The Morgan fingerprint density at radius 1 is 1.15 bits per heavy atom. The van der Waals surface area contributed by atoms with Crippen LogP contribution in [0, 0.1) is 5.92 Å². The lowest BCUT2D eigenvalue weighted by Crippen LogP contribution is -2.44. The maximum Gasteiger partial charge on any atom is 0.224 e. The number of piperidine rings is 1. The van der Waals surface area contributed by atoms with Crippen LogP contribution in [-0.2, 0) is 21.4 Å². The molecule has 1 aliphatic heterocycles. The Labute approximate surface area is 154 Å². The van der Waals surface area contributed by atoms with Gasteiger partial charge in [0, 0.05) is 31.3 Å². The summed E-state index contributed by atoms with van der Waals surface area (Å²) in [6.07, 6.45) is 2.51. The molecule has 0 radical (unpaired) electrons. The van der Waals surface area contributed by atoms with Gasteiger partial charge in [-0.1, -0.05) is 0 Å². The van der Waals surface area contributed by atoms with E-state index in [-0.39, 0.29) is 24.9 Å². The molecule has 2 rings (SSSR count). The van der Waals surface area contributed by atoms with Crippen LogP contribution in [0.15, 0.2) is 12.1 Å². The standard InChI is InChI=1S/C17H26N2O6S/c1-23-14-9-16(25-3)15(24-2)8-13(14)10-18-17(20)12-6-5-7-19(11-12)26(4,21)22/h8-9,12H,5-7,10-11H2,1-4H3,(H,18,20). The quantitative estimate of drug-likeness (QED) is 0.751. The number of methoxy groups -OCH3 is 3. The van der Waals surface area contributed by atoms with E-state index in [1.165, 1.54) is 31.9 Å². The van der Waals surface area contributed by atoms with Crippen molar-refractivity contribution in [3.05, 3.63) is 17.7 Å². The minimum atomic E-state index is -3.28. The molecule has 1 aliphatic rings. The van der Waals surface area contributed by atoms with E-state index in [9.17, 15) is 13.2 Å². The molecular formula is C17H26N2O6S. The van der Waals surface area contributed by atoms with Crippen LogP contribution >= 0.6 is 0 Å². The van der Waals surface area contributed by atoms with Gasteiger partial charge in [0.05, 0.1) is 33.5 Å². The first-order chi connectivity index (χ1) is 12.3. The minimum absolute atomic E-state index is 0.171. The van der Waals surface area contributed by atoms with Crippen molar-refractivity contribution in [3.63, 3.8) is 0 Å². The summed E-state index contributed by atoms with van der Waals surface area (Å²) >= 11 is 0. The number of benzene rings is 1. The maximum absolute atomic E-state index is 12.5. The van der Waals surface area contributed by atoms with Crippen molar-refractivity contribution in [3.8, 4) is 17.2 Å². The van der Waals surface area contributed by atoms with E-state index in [0.717, 1.165) is 5.56 Å². The molecule has 1 heterocycles. The van der Waals surface area contributed by atoms with Crippen LogP contribution in [0.5, 0.6) is 17.2 Å². The van der Waals surface area contributed by atoms with Crippen molar-refractivity contribution in [2.24, 2.45) is 5.92 Å². The summed E-state index contributed by atoms with van der Waals surface area (Å²) in [5, 5.41) is 2.87. The third kappa shape index (κ3) is 4.79. The van der Waals surface area contributed by atoms with Gasteiger partial charge < -0.3 is 19.5 Å². The Hall–Kier alpha value is -2.00. The molecule has 26 heavy (non-hydrogen) atoms. The van der Waals surface area contributed by atoms with E-state index in [1.807, 2.05) is 0 Å². The highest BCUT2D eigenvalue weighted by Crippen LogP contribution is 2.34. The molecule has 1 aromatic carbocycles. The summed E-state index contributed by atoms with van der Waals surface area (Å²) < 4.78 is 40.6. The van der Waals surface area contributed by atoms with Crippen LogP contribution < -0.4 is 19.5 Å². The van der Waals surface area contributed by atoms with Gasteiger partial charge in [-0.05, 0) is 18.9 Å². The van der Waals surface area contributed by atoms with Crippen molar-refractivity contribution in [2.75, 3.05) is 40.7 Å². The van der Waals surface area contributed by atoms with E-state index in [1.54, 1.807) is 12.1 Å². The number of nitrogens with zero attached hydrogens (tertiary/aromatic N) is 1. The van der Waals surface area contributed by atoms with Crippen molar-refractivity contribution in [2.45, 2.75) is 19.4 Å². The van der Waals surface area contributed by atoms with E-state index in [4.69, 9.17) is 14.2 Å². The van der Waals surface area contributed by atoms with Crippen LogP contribution in [0.4, 0.5) is 0 Å². The molecule has 0 spiro atoms. The smallest absolute Gasteiger partial charge is 0.224 e. The number of carbonyl (C=O) groups excluding carboxylic acids is 1. The molecule has 8 nitrogen and oxygen atoms in total. The van der Waals surface area contributed by atoms with Gasteiger partial charge in [0.25, 0.3) is 0 Å². The zero-order chi connectivity index (χ0) is 19.3. The van der Waals surface area contributed by atoms with Crippen LogP contribution in [0.1, 0.15) is 18.4 Å². The normalized spacial score (nSPS) is 18.2. The third-order valence-electron chi connectivity index (χ3n) is 4.46. The number of hydrogen-bond acceptors (Lipinski definition) is 6. The highest BCUT2D eigenvalue weighted by molar-refractivity contribution is 7.88. The molecule has 0 saturated carbocycles. The van der Waals surface area contributed by atoms with Crippen LogP contribution in [0.25, 0.3) is 0 Å². The number of rotatable bonds is 7. The molecule has 146 valence electrons. The fraction of sp³-hybridized carbons (Fsp3) is 0.588. The predicted octanol–water partition coefficient (Wildman–Crippen LogP) is 1.00. The highest BCUT2D eigenvalue weighted by Gasteiger charge is 2.30. The van der Waals surface area contributed by atoms with Gasteiger partial charge in [-0.15, -0.1) is 0 Å². The first-order valence-corrected chi connectivity index (χ1v) is 10.2. The predicted molar refractivity (Wildman–Crippen MR) is 97.1 cm³/mol. The summed E-state index contributed by atoms with van der Waals surface area (Å²) in [4.78, 5) is 12.5. The van der Waals surface area contributed by atoms with E-state index in [0.29, 0.717) is 36.6 Å². The first kappa shape index (κ1) is 20.3. The Bertz CT molecular complexity index is 750. The lowest BCUT2D eigenvalue weighted by atomic mass is 9.98. The molecule has 1 saturated heterocycles. The van der Waals surface area contributed by atoms with Gasteiger partial charge in [0.1, 0.15) is 5.75 Å². The Morgan fingerprint density at radius 2 is 1.77 bits per heavy atom. The second-order valence-corrected chi connectivity index (χ2v) is 8.18. The molecule has 1 atom stereocenters. The average molecular weight is 386 g/mol. The summed E-state index contributed by atoms with van der Waals surface area (Å²) in [5.74, 6) is 1.12. The summed E-state index contributed by atoms with van der Waals surface area (Å²) in [6, 6.07) is 3.45. The van der Waals surface area contributed by atoms with Gasteiger partial charge >= 0.3 is 0 Å². The first-order valence-electron chi connectivity index (χ1n) is 8.31. The monoisotopic (exact) mass is 386 g/mol. The molecule has 0 aromatic heterocycles.